The second-order valence-electron chi connectivity index (χ2n) is 6.04. The van der Waals surface area contributed by atoms with Gasteiger partial charge in [-0.15, -0.1) is 10.2 Å². The lowest BCUT2D eigenvalue weighted by Crippen LogP contribution is -2.32. The highest BCUT2D eigenvalue weighted by molar-refractivity contribution is 5.89. The van der Waals surface area contributed by atoms with Gasteiger partial charge in [-0.2, -0.15) is 13.2 Å². The van der Waals surface area contributed by atoms with Crippen molar-refractivity contribution in [3.63, 3.8) is 0 Å². The first-order valence-corrected chi connectivity index (χ1v) is 8.76. The Morgan fingerprint density at radius 3 is 2.43 bits per heavy atom. The molecule has 0 unspecified atom stereocenters. The van der Waals surface area contributed by atoms with E-state index in [2.05, 4.69) is 20.8 Å². The molecule has 10 heteroatoms. The molecular weight excluding hydrogens is 404 g/mol. The van der Waals surface area contributed by atoms with Gasteiger partial charge in [0.15, 0.2) is 0 Å². The first-order chi connectivity index (χ1) is 14.3. The standard InChI is InChI=1S/C20H16F4N4O2/c21-16-7-6-14(12-15(16)20(22,23)24)26-19(29)25-10-11-30-18-9-8-17(27-28-18)13-4-2-1-3-5-13/h1-9,12H,10-11H2,(H2,25,26,29). The number of aromatic nitrogens is 2. The summed E-state index contributed by atoms with van der Waals surface area (Å²) in [4.78, 5) is 11.8. The number of urea groups is 1. The molecule has 0 aliphatic rings. The van der Waals surface area contributed by atoms with Crippen molar-refractivity contribution in [2.45, 2.75) is 6.18 Å². The zero-order valence-electron chi connectivity index (χ0n) is 15.4. The van der Waals surface area contributed by atoms with Gasteiger partial charge in [-0.05, 0) is 24.3 Å². The third-order valence-corrected chi connectivity index (χ3v) is 3.88. The molecule has 30 heavy (non-hydrogen) atoms. The number of rotatable bonds is 6. The monoisotopic (exact) mass is 420 g/mol. The Balaban J connectivity index is 1.45. The van der Waals surface area contributed by atoms with Crippen LogP contribution in [0, 0.1) is 5.82 Å². The Morgan fingerprint density at radius 1 is 1.00 bits per heavy atom. The van der Waals surface area contributed by atoms with Crippen molar-refractivity contribution in [1.29, 1.82) is 0 Å². The number of nitrogens with zero attached hydrogens (tertiary/aromatic N) is 2. The fourth-order valence-corrected chi connectivity index (χ4v) is 2.48. The number of benzene rings is 2. The molecule has 0 aliphatic carbocycles. The van der Waals surface area contributed by atoms with Crippen LogP contribution in [-0.4, -0.2) is 29.4 Å². The van der Waals surface area contributed by atoms with Crippen LogP contribution < -0.4 is 15.4 Å². The van der Waals surface area contributed by atoms with Gasteiger partial charge in [-0.25, -0.2) is 9.18 Å². The molecule has 0 saturated heterocycles. The van der Waals surface area contributed by atoms with Crippen LogP contribution in [0.3, 0.4) is 0 Å². The zero-order chi connectivity index (χ0) is 21.6. The Hall–Kier alpha value is -3.69. The Morgan fingerprint density at radius 2 is 1.77 bits per heavy atom. The summed E-state index contributed by atoms with van der Waals surface area (Å²) in [7, 11) is 0. The molecule has 1 aromatic heterocycles. The van der Waals surface area contributed by atoms with Gasteiger partial charge in [0, 0.05) is 17.3 Å². The molecule has 0 radical (unpaired) electrons. The average Bonchev–Trinajstić information content (AvgIpc) is 2.73. The van der Waals surface area contributed by atoms with Crippen LogP contribution in [0.1, 0.15) is 5.56 Å². The second kappa shape index (κ2) is 9.21. The number of anilines is 1. The smallest absolute Gasteiger partial charge is 0.419 e. The number of nitrogens with one attached hydrogen (secondary N) is 2. The Labute approximate surface area is 168 Å². The number of hydrogen-bond acceptors (Lipinski definition) is 4. The number of carbonyl (C=O) groups is 1. The summed E-state index contributed by atoms with van der Waals surface area (Å²) in [5.74, 6) is -1.16. The molecular formula is C20H16F4N4O2. The highest BCUT2D eigenvalue weighted by atomic mass is 19.4. The van der Waals surface area contributed by atoms with E-state index in [0.29, 0.717) is 17.8 Å². The zero-order valence-corrected chi connectivity index (χ0v) is 15.4. The van der Waals surface area contributed by atoms with E-state index in [9.17, 15) is 22.4 Å². The van der Waals surface area contributed by atoms with Gasteiger partial charge in [-0.3, -0.25) is 0 Å². The molecule has 2 aromatic carbocycles. The van der Waals surface area contributed by atoms with E-state index < -0.39 is 23.6 Å². The number of halogens is 4. The summed E-state index contributed by atoms with van der Waals surface area (Å²) in [5.41, 5.74) is -0.0620. The molecule has 1 heterocycles. The minimum absolute atomic E-state index is 0.0568. The summed E-state index contributed by atoms with van der Waals surface area (Å²) in [6, 6.07) is 14.3. The van der Waals surface area contributed by atoms with Gasteiger partial charge in [0.1, 0.15) is 12.4 Å². The maximum absolute atomic E-state index is 13.3. The lowest BCUT2D eigenvalue weighted by Gasteiger charge is -2.12. The quantitative estimate of drug-likeness (QED) is 0.455. The molecule has 0 saturated carbocycles. The molecule has 0 fully saturated rings. The van der Waals surface area contributed by atoms with Crippen LogP contribution in [-0.2, 0) is 6.18 Å². The largest absolute Gasteiger partial charge is 0.475 e. The van der Waals surface area contributed by atoms with Crippen molar-refractivity contribution in [2.75, 3.05) is 18.5 Å². The van der Waals surface area contributed by atoms with E-state index in [1.165, 1.54) is 0 Å². The van der Waals surface area contributed by atoms with E-state index in [-0.39, 0.29) is 24.7 Å². The van der Waals surface area contributed by atoms with Crippen molar-refractivity contribution < 1.29 is 27.1 Å². The maximum atomic E-state index is 13.3. The van der Waals surface area contributed by atoms with Crippen molar-refractivity contribution in [3.8, 4) is 17.1 Å². The van der Waals surface area contributed by atoms with Crippen LogP contribution >= 0.6 is 0 Å². The predicted molar refractivity (Wildman–Crippen MR) is 101 cm³/mol. The Bertz CT molecular complexity index is 996. The summed E-state index contributed by atoms with van der Waals surface area (Å²) >= 11 is 0. The number of amides is 2. The van der Waals surface area contributed by atoms with Crippen LogP contribution in [0.4, 0.5) is 28.0 Å². The first-order valence-electron chi connectivity index (χ1n) is 8.76. The van der Waals surface area contributed by atoms with Gasteiger partial charge in [0.05, 0.1) is 17.8 Å². The summed E-state index contributed by atoms with van der Waals surface area (Å²) in [5, 5.41) is 12.6. The highest BCUT2D eigenvalue weighted by Crippen LogP contribution is 2.32. The van der Waals surface area contributed by atoms with Crippen molar-refractivity contribution in [1.82, 2.24) is 15.5 Å². The third-order valence-electron chi connectivity index (χ3n) is 3.88. The molecule has 2 amide bonds. The molecule has 3 rings (SSSR count). The predicted octanol–water partition coefficient (Wildman–Crippen LogP) is 4.50. The van der Waals surface area contributed by atoms with Crippen LogP contribution in [0.5, 0.6) is 5.88 Å². The molecule has 0 spiro atoms. The lowest BCUT2D eigenvalue weighted by atomic mass is 10.1. The van der Waals surface area contributed by atoms with E-state index in [1.54, 1.807) is 12.1 Å². The SMILES string of the molecule is O=C(NCCOc1ccc(-c2ccccc2)nn1)Nc1ccc(F)c(C(F)(F)F)c1. The molecule has 3 aromatic rings. The fraction of sp³-hybridized carbons (Fsp3) is 0.150. The molecule has 0 aliphatic heterocycles. The number of alkyl halides is 3. The Kier molecular flexibility index (Phi) is 6.45. The average molecular weight is 420 g/mol. The van der Waals surface area contributed by atoms with Gasteiger partial charge in [-0.1, -0.05) is 30.3 Å². The molecule has 0 atom stereocenters. The van der Waals surface area contributed by atoms with Crippen LogP contribution in [0.15, 0.2) is 60.7 Å². The van der Waals surface area contributed by atoms with Gasteiger partial charge in [0.2, 0.25) is 5.88 Å². The molecule has 156 valence electrons. The van der Waals surface area contributed by atoms with E-state index in [4.69, 9.17) is 4.74 Å². The summed E-state index contributed by atoms with van der Waals surface area (Å²) < 4.78 is 56.7. The van der Waals surface area contributed by atoms with E-state index in [0.717, 1.165) is 11.6 Å². The lowest BCUT2D eigenvalue weighted by molar-refractivity contribution is -0.139. The number of hydrogen-bond donors (Lipinski definition) is 2. The minimum Gasteiger partial charge on any atom is -0.475 e. The van der Waals surface area contributed by atoms with Crippen LogP contribution in [0.2, 0.25) is 0 Å². The normalized spacial score (nSPS) is 11.1. The second-order valence-corrected chi connectivity index (χ2v) is 6.04. The molecule has 2 N–H and O–H groups in total. The summed E-state index contributed by atoms with van der Waals surface area (Å²) in [6.07, 6.45) is -4.86. The van der Waals surface area contributed by atoms with Crippen molar-refractivity contribution in [3.05, 3.63) is 72.0 Å². The number of carbonyl (C=O) groups excluding carboxylic acids is 1. The van der Waals surface area contributed by atoms with E-state index in [1.807, 2.05) is 30.3 Å². The van der Waals surface area contributed by atoms with E-state index >= 15 is 0 Å². The van der Waals surface area contributed by atoms with Gasteiger partial charge < -0.3 is 15.4 Å². The van der Waals surface area contributed by atoms with Crippen molar-refractivity contribution in [2.24, 2.45) is 0 Å². The van der Waals surface area contributed by atoms with Gasteiger partial charge >= 0.3 is 12.2 Å². The molecule has 6 nitrogen and oxygen atoms in total. The highest BCUT2D eigenvalue weighted by Gasteiger charge is 2.34. The topological polar surface area (TPSA) is 76.1 Å². The third kappa shape index (κ3) is 5.66. The number of ether oxygens (including phenoxy) is 1. The van der Waals surface area contributed by atoms with Gasteiger partial charge in [0.25, 0.3) is 0 Å². The fourth-order valence-electron chi connectivity index (χ4n) is 2.48. The molecule has 0 bridgehead atoms. The maximum Gasteiger partial charge on any atom is 0.419 e. The van der Waals surface area contributed by atoms with Crippen LogP contribution in [0.25, 0.3) is 11.3 Å². The van der Waals surface area contributed by atoms with Crippen molar-refractivity contribution >= 4 is 11.7 Å². The first kappa shape index (κ1) is 21.0. The minimum atomic E-state index is -4.86. The summed E-state index contributed by atoms with van der Waals surface area (Å²) in [6.45, 7) is 0.116.